The fourth-order valence-corrected chi connectivity index (χ4v) is 6.74. The topological polar surface area (TPSA) is 0 Å². The number of hydrogen-bond acceptors (Lipinski definition) is 0. The van der Waals surface area contributed by atoms with Crippen molar-refractivity contribution in [2.24, 2.45) is 0 Å². The van der Waals surface area contributed by atoms with E-state index >= 15 is 0 Å². The van der Waals surface area contributed by atoms with Crippen LogP contribution in [0, 0.1) is 0 Å². The molecule has 9 rings (SSSR count). The molecule has 0 aliphatic carbocycles. The zero-order valence-corrected chi connectivity index (χ0v) is 21.5. The van der Waals surface area contributed by atoms with Crippen LogP contribution in [0.2, 0.25) is 0 Å². The smallest absolute Gasteiger partial charge is 0.0622 e. The van der Waals surface area contributed by atoms with Crippen LogP contribution in [-0.2, 0) is 0 Å². The van der Waals surface area contributed by atoms with Gasteiger partial charge in [0.2, 0.25) is 0 Å². The van der Waals surface area contributed by atoms with Gasteiger partial charge in [-0.25, -0.2) is 0 Å². The second-order valence-corrected chi connectivity index (χ2v) is 10.5. The van der Waals surface area contributed by atoms with Gasteiger partial charge in [-0.3, -0.25) is 0 Å². The van der Waals surface area contributed by atoms with E-state index < -0.39 is 0 Å². The van der Waals surface area contributed by atoms with Crippen molar-refractivity contribution in [3.63, 3.8) is 0 Å². The Kier molecular flexibility index (Phi) is 3.54. The third-order valence-corrected chi connectivity index (χ3v) is 8.46. The minimum Gasteiger partial charge on any atom is -0.0622 e. The number of hydrogen-bond donors (Lipinski definition) is 0. The molecule has 0 nitrogen and oxygen atoms in total. The largest absolute Gasteiger partial charge is 0.0629 e. The van der Waals surface area contributed by atoms with Crippen LogP contribution >= 0.6 is 0 Å². The highest BCUT2D eigenvalue weighted by atomic mass is 14.2. The third-order valence-electron chi connectivity index (χ3n) is 8.46. The van der Waals surface area contributed by atoms with Crippen LogP contribution in [0.3, 0.4) is 0 Å². The maximum atomic E-state index is 8.70. The number of fused-ring (bicyclic) bond motifs is 4. The molecule has 0 aromatic heterocycles. The Balaban J connectivity index is 1.45. The molecule has 184 valence electrons. The van der Waals surface area contributed by atoms with Gasteiger partial charge in [0.1, 0.15) is 0 Å². The first-order valence-electron chi connectivity index (χ1n) is 16.0. The van der Waals surface area contributed by atoms with Gasteiger partial charge in [-0.15, -0.1) is 0 Å². The Hall–Kier alpha value is -5.20. The van der Waals surface area contributed by atoms with Crippen molar-refractivity contribution in [1.29, 1.82) is 0 Å². The highest BCUT2D eigenvalue weighted by molar-refractivity contribution is 6.30. The first kappa shape index (κ1) is 17.4. The summed E-state index contributed by atoms with van der Waals surface area (Å²) in [4.78, 5) is 0. The van der Waals surface area contributed by atoms with Crippen LogP contribution in [0.1, 0.15) is 6.85 Å². The number of rotatable bonds is 2. The number of benzene rings is 9. The predicted octanol–water partition coefficient (Wildman–Crippen LogP) is 11.4. The van der Waals surface area contributed by atoms with Crippen molar-refractivity contribution in [2.45, 2.75) is 0 Å². The SMILES string of the molecule is [2H]c1c([2H])c([2H])c(-c2ccc3ccc4c(-c5c6ccccc6cc6ccc7ccccc7c56)ccc5ccc2c3c54)c([2H])c1[2H]. The van der Waals surface area contributed by atoms with Crippen LogP contribution in [0.5, 0.6) is 0 Å². The summed E-state index contributed by atoms with van der Waals surface area (Å²) >= 11 is 0. The first-order chi connectivity index (χ1) is 21.9. The van der Waals surface area contributed by atoms with Gasteiger partial charge < -0.3 is 0 Å². The third kappa shape index (κ3) is 2.96. The van der Waals surface area contributed by atoms with Crippen LogP contribution in [0.15, 0.2) is 145 Å². The standard InChI is InChI=1S/C40H24/c1-2-8-25(9-3-1)31-20-16-27-18-22-35-36(23-19-28-17-21-34(31)37(27)38(28)35)40-33-13-7-5-11-29(33)24-30-15-14-26-10-4-6-12-32(26)39(30)40/h1-24H/i1D,2D,3D,8D,9D. The lowest BCUT2D eigenvalue weighted by atomic mass is 9.84. The molecule has 9 aromatic carbocycles. The van der Waals surface area contributed by atoms with Crippen molar-refractivity contribution in [3.05, 3.63) is 145 Å². The van der Waals surface area contributed by atoms with Crippen molar-refractivity contribution in [1.82, 2.24) is 0 Å². The molecule has 0 atom stereocenters. The van der Waals surface area contributed by atoms with Crippen molar-refractivity contribution in [3.8, 4) is 22.3 Å². The van der Waals surface area contributed by atoms with E-state index in [2.05, 4.69) is 97.1 Å². The highest BCUT2D eigenvalue weighted by Gasteiger charge is 2.18. The molecule has 0 heteroatoms. The summed E-state index contributed by atoms with van der Waals surface area (Å²) in [5.41, 5.74) is 3.21. The van der Waals surface area contributed by atoms with Crippen molar-refractivity contribution < 1.29 is 6.85 Å². The lowest BCUT2D eigenvalue weighted by Crippen LogP contribution is -1.91. The van der Waals surface area contributed by atoms with Crippen molar-refractivity contribution >= 4 is 64.6 Å². The molecule has 0 aliphatic rings. The average molecular weight is 510 g/mol. The Bertz CT molecular complexity index is 2680. The van der Waals surface area contributed by atoms with E-state index in [1.54, 1.807) is 0 Å². The molecule has 0 saturated carbocycles. The molecule has 40 heavy (non-hydrogen) atoms. The summed E-state index contributed by atoms with van der Waals surface area (Å²) in [6, 6.07) is 39.2. The summed E-state index contributed by atoms with van der Waals surface area (Å²) in [6.07, 6.45) is 0. The molecule has 9 aromatic rings. The lowest BCUT2D eigenvalue weighted by Gasteiger charge is -2.19. The van der Waals surface area contributed by atoms with Gasteiger partial charge in [-0.05, 0) is 93.0 Å². The molecule has 0 aliphatic heterocycles. The van der Waals surface area contributed by atoms with E-state index in [1.165, 1.54) is 37.9 Å². The zero-order valence-electron chi connectivity index (χ0n) is 26.5. The summed E-state index contributed by atoms with van der Waals surface area (Å²) < 4.78 is 42.1. The minimum atomic E-state index is -0.383. The van der Waals surface area contributed by atoms with Crippen LogP contribution in [-0.4, -0.2) is 0 Å². The van der Waals surface area contributed by atoms with Crippen LogP contribution in [0.4, 0.5) is 0 Å². The first-order valence-corrected chi connectivity index (χ1v) is 13.5. The maximum absolute atomic E-state index is 8.70. The molecular weight excluding hydrogens is 480 g/mol. The summed E-state index contributed by atoms with van der Waals surface area (Å²) in [6.45, 7) is 0. The van der Waals surface area contributed by atoms with Crippen molar-refractivity contribution in [2.75, 3.05) is 0 Å². The van der Waals surface area contributed by atoms with Gasteiger partial charge in [0.15, 0.2) is 0 Å². The monoisotopic (exact) mass is 509 g/mol. The zero-order chi connectivity index (χ0) is 30.6. The molecule has 0 bridgehead atoms. The molecule has 0 spiro atoms. The second kappa shape index (κ2) is 8.15. The van der Waals surface area contributed by atoms with E-state index in [4.69, 9.17) is 6.85 Å². The molecule has 0 amide bonds. The summed E-state index contributed by atoms with van der Waals surface area (Å²) in [5, 5.41) is 13.5. The quantitative estimate of drug-likeness (QED) is 0.161. The van der Waals surface area contributed by atoms with Crippen LogP contribution < -0.4 is 0 Å². The van der Waals surface area contributed by atoms with Gasteiger partial charge in [-0.2, -0.15) is 0 Å². The summed E-state index contributed by atoms with van der Waals surface area (Å²) in [7, 11) is 0. The van der Waals surface area contributed by atoms with Gasteiger partial charge in [0.25, 0.3) is 0 Å². The van der Waals surface area contributed by atoms with E-state index in [-0.39, 0.29) is 35.8 Å². The average Bonchev–Trinajstić information content (AvgIpc) is 3.08. The van der Waals surface area contributed by atoms with Gasteiger partial charge in [0.05, 0.1) is 6.85 Å². The Labute approximate surface area is 239 Å². The van der Waals surface area contributed by atoms with E-state index in [0.29, 0.717) is 5.56 Å². The molecule has 0 heterocycles. The van der Waals surface area contributed by atoms with E-state index in [1.807, 2.05) is 18.2 Å². The van der Waals surface area contributed by atoms with Gasteiger partial charge in [0, 0.05) is 0 Å². The van der Waals surface area contributed by atoms with Gasteiger partial charge >= 0.3 is 0 Å². The molecule has 0 radical (unpaired) electrons. The Morgan fingerprint density at radius 3 is 1.73 bits per heavy atom. The second-order valence-electron chi connectivity index (χ2n) is 10.5. The molecular formula is C40H24. The van der Waals surface area contributed by atoms with Crippen LogP contribution in [0.25, 0.3) is 86.9 Å². The predicted molar refractivity (Wildman–Crippen MR) is 174 cm³/mol. The molecule has 0 fully saturated rings. The Morgan fingerprint density at radius 2 is 0.950 bits per heavy atom. The fourth-order valence-electron chi connectivity index (χ4n) is 6.74. The van der Waals surface area contributed by atoms with E-state index in [9.17, 15) is 0 Å². The maximum Gasteiger partial charge on any atom is 0.0629 e. The highest BCUT2D eigenvalue weighted by Crippen LogP contribution is 2.46. The van der Waals surface area contributed by atoms with E-state index in [0.717, 1.165) is 37.9 Å². The van der Waals surface area contributed by atoms with Gasteiger partial charge in [-0.1, -0.05) is 139 Å². The lowest BCUT2D eigenvalue weighted by molar-refractivity contribution is 1.66. The minimum absolute atomic E-state index is 0.189. The molecule has 0 N–H and O–H groups in total. The molecule has 0 saturated heterocycles. The Morgan fingerprint density at radius 1 is 0.375 bits per heavy atom. The normalized spacial score (nSPS) is 13.8. The molecule has 0 unspecified atom stereocenters. The fraction of sp³-hybridized carbons (Fsp3) is 0. The summed E-state index contributed by atoms with van der Waals surface area (Å²) in [5.74, 6) is 0.